The number of para-hydroxylation sites is 2. The molecular weight excluding hydrogens is 292 g/mol. The molecule has 2 heterocycles. The van der Waals surface area contributed by atoms with Gasteiger partial charge in [0.05, 0.1) is 6.20 Å². The summed E-state index contributed by atoms with van der Waals surface area (Å²) in [6, 6.07) is 7.31. The van der Waals surface area contributed by atoms with Crippen LogP contribution in [0.5, 0.6) is 11.5 Å². The fourth-order valence-corrected chi connectivity index (χ4v) is 2.50. The zero-order valence-corrected chi connectivity index (χ0v) is 11.9. The molecule has 0 saturated heterocycles. The Morgan fingerprint density at radius 1 is 1.43 bits per heavy atom. The maximum absolute atomic E-state index is 12.0. The average Bonchev–Trinajstić information content (AvgIpc) is 3.04. The summed E-state index contributed by atoms with van der Waals surface area (Å²) in [5, 5.41) is 13.8. The third-order valence-electron chi connectivity index (χ3n) is 2.85. The monoisotopic (exact) mass is 306 g/mol. The Morgan fingerprint density at radius 2 is 2.29 bits per heavy atom. The third kappa shape index (κ3) is 3.46. The molecule has 0 radical (unpaired) electrons. The van der Waals surface area contributed by atoms with Gasteiger partial charge in [-0.1, -0.05) is 12.1 Å². The van der Waals surface area contributed by atoms with E-state index in [2.05, 4.69) is 20.7 Å². The molecule has 1 aromatic heterocycles. The van der Waals surface area contributed by atoms with Crippen LogP contribution in [0.2, 0.25) is 0 Å². The fourth-order valence-electron chi connectivity index (χ4n) is 1.85. The van der Waals surface area contributed by atoms with Crippen molar-refractivity contribution in [2.45, 2.75) is 11.1 Å². The maximum Gasteiger partial charge on any atom is 0.264 e. The molecule has 1 atom stereocenters. The zero-order chi connectivity index (χ0) is 14.5. The van der Waals surface area contributed by atoms with Crippen LogP contribution in [0.15, 0.2) is 35.5 Å². The first-order valence-corrected chi connectivity index (χ1v) is 7.46. The van der Waals surface area contributed by atoms with E-state index in [0.717, 1.165) is 5.03 Å². The second-order valence-electron chi connectivity index (χ2n) is 4.31. The van der Waals surface area contributed by atoms with E-state index in [9.17, 15) is 4.79 Å². The number of ether oxygens (including phenoxy) is 2. The minimum absolute atomic E-state index is 0.176. The van der Waals surface area contributed by atoms with Crippen LogP contribution in [-0.2, 0) is 4.79 Å². The Labute approximate surface area is 125 Å². The smallest absolute Gasteiger partial charge is 0.264 e. The summed E-state index contributed by atoms with van der Waals surface area (Å²) in [7, 11) is 0. The van der Waals surface area contributed by atoms with Gasteiger partial charge in [0.2, 0.25) is 6.10 Å². The van der Waals surface area contributed by atoms with E-state index >= 15 is 0 Å². The summed E-state index contributed by atoms with van der Waals surface area (Å²) in [6.07, 6.45) is 1.03. The summed E-state index contributed by atoms with van der Waals surface area (Å²) in [5.74, 6) is 1.80. The summed E-state index contributed by atoms with van der Waals surface area (Å²) >= 11 is 1.51. The number of hydrogen-bond acceptors (Lipinski definition) is 6. The van der Waals surface area contributed by atoms with Gasteiger partial charge >= 0.3 is 0 Å². The summed E-state index contributed by atoms with van der Waals surface area (Å²) < 4.78 is 11.1. The molecule has 0 bridgehead atoms. The Kier molecular flexibility index (Phi) is 4.25. The maximum atomic E-state index is 12.0. The molecule has 1 amide bonds. The lowest BCUT2D eigenvalue weighted by Gasteiger charge is -2.25. The van der Waals surface area contributed by atoms with Crippen molar-refractivity contribution >= 4 is 17.7 Å². The van der Waals surface area contributed by atoms with Gasteiger partial charge in [0.25, 0.3) is 5.91 Å². The van der Waals surface area contributed by atoms with Gasteiger partial charge in [-0.2, -0.15) is 10.3 Å². The first kappa shape index (κ1) is 13.7. The fraction of sp³-hybridized carbons (Fsp3) is 0.308. The third-order valence-corrected chi connectivity index (χ3v) is 3.75. The molecule has 21 heavy (non-hydrogen) atoms. The van der Waals surface area contributed by atoms with Gasteiger partial charge < -0.3 is 14.8 Å². The number of benzene rings is 1. The van der Waals surface area contributed by atoms with E-state index in [1.165, 1.54) is 11.8 Å². The molecule has 0 spiro atoms. The second-order valence-corrected chi connectivity index (χ2v) is 5.43. The van der Waals surface area contributed by atoms with E-state index in [1.54, 1.807) is 12.3 Å². The normalized spacial score (nSPS) is 16.5. The number of hydrogen-bond donors (Lipinski definition) is 2. The van der Waals surface area contributed by atoms with Crippen molar-refractivity contribution in [2.24, 2.45) is 0 Å². The molecule has 1 aromatic carbocycles. The average molecular weight is 306 g/mol. The molecule has 0 unspecified atom stereocenters. The number of nitrogens with zero attached hydrogens (tertiary/aromatic N) is 2. The van der Waals surface area contributed by atoms with Crippen molar-refractivity contribution in [1.82, 2.24) is 20.7 Å². The predicted molar refractivity (Wildman–Crippen MR) is 76.5 cm³/mol. The summed E-state index contributed by atoms with van der Waals surface area (Å²) in [4.78, 5) is 12.0. The minimum Gasteiger partial charge on any atom is -0.485 e. The van der Waals surface area contributed by atoms with E-state index < -0.39 is 6.10 Å². The lowest BCUT2D eigenvalue weighted by Crippen LogP contribution is -2.44. The molecule has 3 rings (SSSR count). The predicted octanol–water partition coefficient (Wildman–Crippen LogP) is 0.853. The number of thioether (sulfide) groups is 1. The minimum atomic E-state index is -0.614. The number of aromatic nitrogens is 3. The molecule has 110 valence electrons. The van der Waals surface area contributed by atoms with Crippen molar-refractivity contribution in [1.29, 1.82) is 0 Å². The molecule has 7 nitrogen and oxygen atoms in total. The number of carbonyl (C=O) groups excluding carboxylic acids is 1. The Hall–Kier alpha value is -2.22. The number of aromatic amines is 1. The van der Waals surface area contributed by atoms with Gasteiger partial charge in [-0.05, 0) is 12.1 Å². The highest BCUT2D eigenvalue weighted by Crippen LogP contribution is 2.30. The largest absolute Gasteiger partial charge is 0.485 e. The van der Waals surface area contributed by atoms with Crippen LogP contribution in [-0.4, -0.2) is 46.3 Å². The molecule has 1 aliphatic heterocycles. The van der Waals surface area contributed by atoms with Gasteiger partial charge in [0.1, 0.15) is 11.6 Å². The van der Waals surface area contributed by atoms with Crippen LogP contribution >= 0.6 is 11.8 Å². The number of H-pyrrole nitrogens is 1. The lowest BCUT2D eigenvalue weighted by molar-refractivity contribution is -0.130. The van der Waals surface area contributed by atoms with Gasteiger partial charge in [-0.3, -0.25) is 4.79 Å². The molecule has 0 aliphatic carbocycles. The number of nitrogens with one attached hydrogen (secondary N) is 2. The molecule has 0 fully saturated rings. The lowest BCUT2D eigenvalue weighted by atomic mass is 10.2. The second kappa shape index (κ2) is 6.49. The van der Waals surface area contributed by atoms with Gasteiger partial charge in [-0.15, -0.1) is 16.9 Å². The molecule has 2 aromatic rings. The van der Waals surface area contributed by atoms with Crippen LogP contribution < -0.4 is 14.8 Å². The van der Waals surface area contributed by atoms with Gasteiger partial charge in [0, 0.05) is 12.3 Å². The molecule has 1 aliphatic rings. The molecule has 0 saturated carbocycles. The Bertz CT molecular complexity index is 605. The molecular formula is C13H14N4O3S. The Morgan fingerprint density at radius 3 is 3.10 bits per heavy atom. The highest BCUT2D eigenvalue weighted by Gasteiger charge is 2.26. The first-order chi connectivity index (χ1) is 10.3. The van der Waals surface area contributed by atoms with Crippen LogP contribution in [0, 0.1) is 0 Å². The topological polar surface area (TPSA) is 89.1 Å². The quantitative estimate of drug-likeness (QED) is 0.629. The van der Waals surface area contributed by atoms with E-state index in [4.69, 9.17) is 9.47 Å². The first-order valence-electron chi connectivity index (χ1n) is 6.48. The SMILES string of the molecule is O=C(NCCSc1cn[nH]n1)[C@@H]1COc2ccccc2O1. The van der Waals surface area contributed by atoms with E-state index in [-0.39, 0.29) is 12.5 Å². The highest BCUT2D eigenvalue weighted by molar-refractivity contribution is 7.99. The van der Waals surface area contributed by atoms with Gasteiger partial charge in [0.15, 0.2) is 11.5 Å². The van der Waals surface area contributed by atoms with Crippen LogP contribution in [0.1, 0.15) is 0 Å². The number of carbonyl (C=O) groups is 1. The van der Waals surface area contributed by atoms with Crippen LogP contribution in [0.3, 0.4) is 0 Å². The summed E-state index contributed by atoms with van der Waals surface area (Å²) in [5.41, 5.74) is 0. The van der Waals surface area contributed by atoms with E-state index in [1.807, 2.05) is 18.2 Å². The summed E-state index contributed by atoms with van der Waals surface area (Å²) in [6.45, 7) is 0.747. The Balaban J connectivity index is 1.44. The van der Waals surface area contributed by atoms with Crippen molar-refractivity contribution in [3.63, 3.8) is 0 Å². The number of rotatable bonds is 5. The highest BCUT2D eigenvalue weighted by atomic mass is 32.2. The van der Waals surface area contributed by atoms with Crippen LogP contribution in [0.4, 0.5) is 0 Å². The van der Waals surface area contributed by atoms with Crippen LogP contribution in [0.25, 0.3) is 0 Å². The number of amides is 1. The van der Waals surface area contributed by atoms with Crippen molar-refractivity contribution in [3.05, 3.63) is 30.5 Å². The number of fused-ring (bicyclic) bond motifs is 1. The molecule has 2 N–H and O–H groups in total. The van der Waals surface area contributed by atoms with Crippen molar-refractivity contribution in [2.75, 3.05) is 18.9 Å². The van der Waals surface area contributed by atoms with Crippen molar-refractivity contribution < 1.29 is 14.3 Å². The molecule has 8 heteroatoms. The standard InChI is InChI=1S/C13H14N4O3S/c18-13(14-5-6-21-12-7-15-17-16-12)11-8-19-9-3-1-2-4-10(9)20-11/h1-4,7,11H,5-6,8H2,(H,14,18)(H,15,16,17)/t11-/m0/s1. The van der Waals surface area contributed by atoms with Crippen molar-refractivity contribution in [3.8, 4) is 11.5 Å². The van der Waals surface area contributed by atoms with E-state index in [0.29, 0.717) is 23.8 Å². The zero-order valence-electron chi connectivity index (χ0n) is 11.1. The van der Waals surface area contributed by atoms with Gasteiger partial charge in [-0.25, -0.2) is 0 Å².